The topological polar surface area (TPSA) is 98.3 Å². The molecule has 0 aliphatic carbocycles. The Labute approximate surface area is 42.8 Å². The SMILES string of the molecule is NCC(N)B(N)O. The molecule has 42 valence electrons. The molecule has 0 aliphatic heterocycles. The van der Waals surface area contributed by atoms with Crippen LogP contribution in [0.4, 0.5) is 0 Å². The molecule has 0 aromatic rings. The molecule has 7 heavy (non-hydrogen) atoms. The molecule has 0 bridgehead atoms. The van der Waals surface area contributed by atoms with Crippen molar-refractivity contribution < 1.29 is 5.02 Å². The second kappa shape index (κ2) is 2.98. The zero-order valence-electron chi connectivity index (χ0n) is 4.04. The van der Waals surface area contributed by atoms with E-state index in [1.165, 1.54) is 0 Å². The summed E-state index contributed by atoms with van der Waals surface area (Å²) >= 11 is 0. The van der Waals surface area contributed by atoms with Crippen molar-refractivity contribution in [1.29, 1.82) is 0 Å². The molecule has 1 atom stereocenters. The maximum absolute atomic E-state index is 8.39. The van der Waals surface area contributed by atoms with E-state index in [-0.39, 0.29) is 6.54 Å². The fraction of sp³-hybridized carbons (Fsp3) is 1.00. The molecule has 0 radical (unpaired) electrons. The van der Waals surface area contributed by atoms with Gasteiger partial charge in [0.05, 0.1) is 0 Å². The number of hydrogen-bond acceptors (Lipinski definition) is 4. The Morgan fingerprint density at radius 1 is 1.71 bits per heavy atom. The predicted octanol–water partition coefficient (Wildman–Crippen LogP) is -2.75. The van der Waals surface area contributed by atoms with Gasteiger partial charge in [0.25, 0.3) is 0 Å². The standard InChI is InChI=1S/C2H10BN3O/c4-1-2(5)3(6)7/h2,7H,1,4-6H2. The van der Waals surface area contributed by atoms with Crippen LogP contribution in [0.25, 0.3) is 0 Å². The first-order valence-electron chi connectivity index (χ1n) is 2.07. The van der Waals surface area contributed by atoms with Crippen LogP contribution in [-0.2, 0) is 0 Å². The lowest BCUT2D eigenvalue weighted by molar-refractivity contribution is 0.547. The molecule has 0 saturated carbocycles. The van der Waals surface area contributed by atoms with Crippen LogP contribution < -0.4 is 17.1 Å². The van der Waals surface area contributed by atoms with Crippen molar-refractivity contribution in [2.24, 2.45) is 17.1 Å². The van der Waals surface area contributed by atoms with E-state index < -0.39 is 13.0 Å². The smallest absolute Gasteiger partial charge is 0.393 e. The Morgan fingerprint density at radius 2 is 2.14 bits per heavy atom. The Balaban J connectivity index is 3.14. The third kappa shape index (κ3) is 2.58. The Bertz CT molecular complexity index is 50.2. The van der Waals surface area contributed by atoms with Gasteiger partial charge in [-0.05, 0) is 0 Å². The van der Waals surface area contributed by atoms with Crippen molar-refractivity contribution in [3.63, 3.8) is 0 Å². The average Bonchev–Trinajstić information content (AvgIpc) is 1.65. The molecule has 0 fully saturated rings. The first-order valence-corrected chi connectivity index (χ1v) is 2.07. The molecule has 0 heterocycles. The minimum atomic E-state index is -0.981. The number of hydrogen-bond donors (Lipinski definition) is 4. The fourth-order valence-corrected chi connectivity index (χ4v) is 0.139. The zero-order chi connectivity index (χ0) is 5.86. The molecule has 0 rings (SSSR count). The normalized spacial score (nSPS) is 13.7. The lowest BCUT2D eigenvalue weighted by Gasteiger charge is -2.04. The van der Waals surface area contributed by atoms with E-state index in [9.17, 15) is 0 Å². The first-order chi connectivity index (χ1) is 3.18. The van der Waals surface area contributed by atoms with Crippen LogP contribution in [0, 0.1) is 0 Å². The van der Waals surface area contributed by atoms with Gasteiger partial charge in [0.2, 0.25) is 0 Å². The van der Waals surface area contributed by atoms with Gasteiger partial charge >= 0.3 is 7.05 Å². The van der Waals surface area contributed by atoms with E-state index in [1.54, 1.807) is 0 Å². The summed E-state index contributed by atoms with van der Waals surface area (Å²) in [6, 6.07) is 0. The van der Waals surface area contributed by atoms with Gasteiger partial charge in [-0.25, -0.2) is 0 Å². The maximum atomic E-state index is 8.39. The molecule has 0 amide bonds. The van der Waals surface area contributed by atoms with Gasteiger partial charge in [-0.2, -0.15) is 0 Å². The van der Waals surface area contributed by atoms with Crippen LogP contribution in [0.2, 0.25) is 0 Å². The number of nitrogens with two attached hydrogens (primary N) is 3. The van der Waals surface area contributed by atoms with Crippen molar-refractivity contribution >= 4 is 7.05 Å². The minimum Gasteiger partial charge on any atom is -0.436 e. The zero-order valence-corrected chi connectivity index (χ0v) is 4.04. The summed E-state index contributed by atoms with van der Waals surface area (Å²) in [5, 5.41) is 8.39. The Morgan fingerprint density at radius 3 is 2.14 bits per heavy atom. The Kier molecular flexibility index (Phi) is 2.94. The van der Waals surface area contributed by atoms with Crippen LogP contribution in [0.15, 0.2) is 0 Å². The van der Waals surface area contributed by atoms with Gasteiger partial charge in [0, 0.05) is 12.5 Å². The fourth-order valence-electron chi connectivity index (χ4n) is 0.139. The highest BCUT2D eigenvalue weighted by Crippen LogP contribution is 1.68. The molecule has 0 saturated heterocycles. The van der Waals surface area contributed by atoms with Crippen molar-refractivity contribution in [2.45, 2.75) is 5.94 Å². The summed E-state index contributed by atoms with van der Waals surface area (Å²) in [6.45, 7) is 0.220. The summed E-state index contributed by atoms with van der Waals surface area (Å²) in [6.07, 6.45) is 0. The van der Waals surface area contributed by atoms with Crippen molar-refractivity contribution in [3.05, 3.63) is 0 Å². The summed E-state index contributed by atoms with van der Waals surface area (Å²) < 4.78 is 0. The third-order valence-electron chi connectivity index (χ3n) is 0.711. The Hall–Kier alpha value is -0.0951. The summed E-state index contributed by atoms with van der Waals surface area (Å²) in [7, 11) is -0.981. The van der Waals surface area contributed by atoms with Gasteiger partial charge in [0.15, 0.2) is 0 Å². The second-order valence-electron chi connectivity index (χ2n) is 1.39. The van der Waals surface area contributed by atoms with Crippen molar-refractivity contribution in [2.75, 3.05) is 6.54 Å². The minimum absolute atomic E-state index is 0.220. The molecule has 4 nitrogen and oxygen atoms in total. The number of rotatable bonds is 2. The molecular weight excluding hydrogens is 92.9 g/mol. The average molecular weight is 103 g/mol. The van der Waals surface area contributed by atoms with E-state index in [2.05, 4.69) is 0 Å². The summed E-state index contributed by atoms with van der Waals surface area (Å²) in [4.78, 5) is 0. The van der Waals surface area contributed by atoms with Gasteiger partial charge in [0.1, 0.15) is 0 Å². The van der Waals surface area contributed by atoms with Crippen LogP contribution in [-0.4, -0.2) is 24.6 Å². The quantitative estimate of drug-likeness (QED) is 0.285. The molecule has 1 unspecified atom stereocenters. The van der Waals surface area contributed by atoms with Crippen molar-refractivity contribution in [1.82, 2.24) is 0 Å². The van der Waals surface area contributed by atoms with E-state index in [0.29, 0.717) is 0 Å². The largest absolute Gasteiger partial charge is 0.436 e. The maximum Gasteiger partial charge on any atom is 0.393 e. The summed E-state index contributed by atoms with van der Waals surface area (Å²) in [5.74, 6) is -0.486. The van der Waals surface area contributed by atoms with Gasteiger partial charge in [-0.3, -0.25) is 0 Å². The third-order valence-corrected chi connectivity index (χ3v) is 0.711. The molecule has 7 N–H and O–H groups in total. The van der Waals surface area contributed by atoms with E-state index in [1.807, 2.05) is 0 Å². The lowest BCUT2D eigenvalue weighted by atomic mass is 9.76. The molecule has 0 aliphatic rings. The van der Waals surface area contributed by atoms with Crippen LogP contribution in [0.5, 0.6) is 0 Å². The van der Waals surface area contributed by atoms with Gasteiger partial charge in [-0.1, -0.05) is 0 Å². The van der Waals surface area contributed by atoms with Crippen LogP contribution in [0.1, 0.15) is 0 Å². The van der Waals surface area contributed by atoms with Crippen LogP contribution >= 0.6 is 0 Å². The molecule has 5 heteroatoms. The molecule has 0 aromatic heterocycles. The summed E-state index contributed by atoms with van der Waals surface area (Å²) in [5.41, 5.74) is 15.0. The van der Waals surface area contributed by atoms with E-state index in [4.69, 9.17) is 22.1 Å². The lowest BCUT2D eigenvalue weighted by Crippen LogP contribution is -2.50. The van der Waals surface area contributed by atoms with Gasteiger partial charge < -0.3 is 22.1 Å². The second-order valence-corrected chi connectivity index (χ2v) is 1.39. The molecular formula is C2H10BN3O. The molecule has 0 aromatic carbocycles. The molecule has 0 spiro atoms. The van der Waals surface area contributed by atoms with Crippen LogP contribution in [0.3, 0.4) is 0 Å². The van der Waals surface area contributed by atoms with E-state index in [0.717, 1.165) is 0 Å². The monoisotopic (exact) mass is 103 g/mol. The highest BCUT2D eigenvalue weighted by atomic mass is 16.2. The highest BCUT2D eigenvalue weighted by molar-refractivity contribution is 6.48. The first kappa shape index (κ1) is 6.90. The van der Waals surface area contributed by atoms with Gasteiger partial charge in [-0.15, -0.1) is 0 Å². The predicted molar refractivity (Wildman–Crippen MR) is 29.2 cm³/mol. The highest BCUT2D eigenvalue weighted by Gasteiger charge is 2.12. The van der Waals surface area contributed by atoms with E-state index >= 15 is 0 Å². The van der Waals surface area contributed by atoms with Crippen molar-refractivity contribution in [3.8, 4) is 0 Å².